The van der Waals surface area contributed by atoms with Gasteiger partial charge < -0.3 is 15.0 Å². The molecule has 0 bridgehead atoms. The van der Waals surface area contributed by atoms with E-state index in [-0.39, 0.29) is 11.7 Å². The fourth-order valence-corrected chi connectivity index (χ4v) is 2.60. The number of ether oxygens (including phenoxy) is 1. The fourth-order valence-electron chi connectivity index (χ4n) is 2.60. The van der Waals surface area contributed by atoms with Gasteiger partial charge in [-0.25, -0.2) is 4.39 Å². The van der Waals surface area contributed by atoms with Gasteiger partial charge in [-0.3, -0.25) is 4.79 Å². The molecule has 1 heterocycles. The van der Waals surface area contributed by atoms with E-state index in [2.05, 4.69) is 10.3 Å². The van der Waals surface area contributed by atoms with Crippen molar-refractivity contribution in [1.29, 1.82) is 0 Å². The molecule has 0 saturated heterocycles. The molecule has 0 aliphatic carbocycles. The summed E-state index contributed by atoms with van der Waals surface area (Å²) in [5, 5.41) is 3.72. The second-order valence-corrected chi connectivity index (χ2v) is 5.35. The van der Waals surface area contributed by atoms with Crippen LogP contribution in [-0.2, 0) is 6.54 Å². The van der Waals surface area contributed by atoms with Crippen LogP contribution in [0.25, 0.3) is 10.9 Å². The van der Waals surface area contributed by atoms with Gasteiger partial charge >= 0.3 is 0 Å². The Bertz CT molecular complexity index is 853. The van der Waals surface area contributed by atoms with Gasteiger partial charge in [0, 0.05) is 23.7 Å². The Kier molecular flexibility index (Phi) is 4.02. The van der Waals surface area contributed by atoms with E-state index >= 15 is 0 Å². The molecule has 5 heteroatoms. The van der Waals surface area contributed by atoms with Crippen molar-refractivity contribution in [3.8, 4) is 5.75 Å². The van der Waals surface area contributed by atoms with Crippen molar-refractivity contribution < 1.29 is 13.9 Å². The number of fused-ring (bicyclic) bond motifs is 1. The number of H-pyrrole nitrogens is 1. The first kappa shape index (κ1) is 15.1. The van der Waals surface area contributed by atoms with Gasteiger partial charge in [-0.15, -0.1) is 0 Å². The minimum Gasteiger partial charge on any atom is -0.497 e. The lowest BCUT2D eigenvalue weighted by Gasteiger charge is -2.06. The SMILES string of the molecule is COc1ccc2c(C(=O)NCc3ccc(F)cc3)c(C)[nH]c2c1. The Morgan fingerprint density at radius 3 is 2.65 bits per heavy atom. The maximum atomic E-state index is 12.9. The molecule has 2 N–H and O–H groups in total. The first-order chi connectivity index (χ1) is 11.1. The molecule has 1 aromatic heterocycles. The molecule has 0 unspecified atom stereocenters. The number of methoxy groups -OCH3 is 1. The first-order valence-corrected chi connectivity index (χ1v) is 7.27. The van der Waals surface area contributed by atoms with Gasteiger partial charge in [0.05, 0.1) is 18.2 Å². The van der Waals surface area contributed by atoms with Gasteiger partial charge in [0.15, 0.2) is 0 Å². The number of aryl methyl sites for hydroxylation is 1. The summed E-state index contributed by atoms with van der Waals surface area (Å²) < 4.78 is 18.1. The van der Waals surface area contributed by atoms with Gasteiger partial charge in [0.25, 0.3) is 5.91 Å². The molecule has 3 aromatic rings. The standard InChI is InChI=1S/C18H17FN2O2/c1-11-17(15-8-7-14(23-2)9-16(15)21-11)18(22)20-10-12-3-5-13(19)6-4-12/h3-9,21H,10H2,1-2H3,(H,20,22). The minimum atomic E-state index is -0.290. The molecule has 0 fully saturated rings. The number of aromatic amines is 1. The van der Waals surface area contributed by atoms with Crippen LogP contribution in [0.3, 0.4) is 0 Å². The summed E-state index contributed by atoms with van der Waals surface area (Å²) in [6.45, 7) is 2.21. The van der Waals surface area contributed by atoms with Crippen LogP contribution in [0.15, 0.2) is 42.5 Å². The normalized spacial score (nSPS) is 10.7. The van der Waals surface area contributed by atoms with Crippen molar-refractivity contribution in [1.82, 2.24) is 10.3 Å². The Morgan fingerprint density at radius 2 is 1.96 bits per heavy atom. The molecule has 0 aliphatic rings. The number of hydrogen-bond donors (Lipinski definition) is 2. The second-order valence-electron chi connectivity index (χ2n) is 5.35. The molecule has 118 valence electrons. The summed E-state index contributed by atoms with van der Waals surface area (Å²) in [6.07, 6.45) is 0. The number of carbonyl (C=O) groups excluding carboxylic acids is 1. The number of amides is 1. The predicted octanol–water partition coefficient (Wildman–Crippen LogP) is 3.55. The van der Waals surface area contributed by atoms with Gasteiger partial charge in [-0.05, 0) is 36.8 Å². The van der Waals surface area contributed by atoms with E-state index in [9.17, 15) is 9.18 Å². The molecular weight excluding hydrogens is 295 g/mol. The van der Waals surface area contributed by atoms with E-state index < -0.39 is 0 Å². The van der Waals surface area contributed by atoms with Crippen LogP contribution < -0.4 is 10.1 Å². The van der Waals surface area contributed by atoms with Gasteiger partial charge in [-0.1, -0.05) is 12.1 Å². The third-order valence-corrected chi connectivity index (χ3v) is 3.79. The lowest BCUT2D eigenvalue weighted by atomic mass is 10.1. The van der Waals surface area contributed by atoms with E-state index in [0.717, 1.165) is 27.9 Å². The molecule has 0 spiro atoms. The number of nitrogens with one attached hydrogen (secondary N) is 2. The third-order valence-electron chi connectivity index (χ3n) is 3.79. The van der Waals surface area contributed by atoms with Crippen LogP contribution >= 0.6 is 0 Å². The zero-order valence-electron chi connectivity index (χ0n) is 12.9. The van der Waals surface area contributed by atoms with Crippen molar-refractivity contribution in [2.45, 2.75) is 13.5 Å². The highest BCUT2D eigenvalue weighted by Crippen LogP contribution is 2.26. The Morgan fingerprint density at radius 1 is 1.22 bits per heavy atom. The Hall–Kier alpha value is -2.82. The van der Waals surface area contributed by atoms with Gasteiger partial charge in [-0.2, -0.15) is 0 Å². The van der Waals surface area contributed by atoms with Crippen molar-refractivity contribution in [2.75, 3.05) is 7.11 Å². The molecule has 0 saturated carbocycles. The molecule has 0 atom stereocenters. The van der Waals surface area contributed by atoms with E-state index in [4.69, 9.17) is 4.74 Å². The zero-order chi connectivity index (χ0) is 16.4. The Balaban J connectivity index is 1.83. The average Bonchev–Trinajstić information content (AvgIpc) is 2.88. The molecule has 23 heavy (non-hydrogen) atoms. The topological polar surface area (TPSA) is 54.1 Å². The number of aromatic nitrogens is 1. The summed E-state index contributed by atoms with van der Waals surface area (Å²) in [7, 11) is 1.60. The van der Waals surface area contributed by atoms with Crippen molar-refractivity contribution in [3.63, 3.8) is 0 Å². The van der Waals surface area contributed by atoms with Crippen LogP contribution in [0.1, 0.15) is 21.6 Å². The molecule has 0 radical (unpaired) electrons. The van der Waals surface area contributed by atoms with E-state index in [1.54, 1.807) is 19.2 Å². The number of halogens is 1. The average molecular weight is 312 g/mol. The van der Waals surface area contributed by atoms with E-state index in [1.165, 1.54) is 12.1 Å². The first-order valence-electron chi connectivity index (χ1n) is 7.27. The van der Waals surface area contributed by atoms with Gasteiger partial charge in [0.2, 0.25) is 0 Å². The van der Waals surface area contributed by atoms with Crippen LogP contribution in [0.2, 0.25) is 0 Å². The molecule has 3 rings (SSSR count). The molecule has 1 amide bonds. The number of benzene rings is 2. The van der Waals surface area contributed by atoms with Crippen LogP contribution in [0, 0.1) is 12.7 Å². The van der Waals surface area contributed by atoms with Crippen LogP contribution in [0.5, 0.6) is 5.75 Å². The van der Waals surface area contributed by atoms with Crippen LogP contribution in [0.4, 0.5) is 4.39 Å². The number of hydrogen-bond acceptors (Lipinski definition) is 2. The van der Waals surface area contributed by atoms with Crippen molar-refractivity contribution >= 4 is 16.8 Å². The zero-order valence-corrected chi connectivity index (χ0v) is 12.9. The predicted molar refractivity (Wildman–Crippen MR) is 87.2 cm³/mol. The maximum Gasteiger partial charge on any atom is 0.253 e. The monoisotopic (exact) mass is 312 g/mol. The summed E-state index contributed by atoms with van der Waals surface area (Å²) in [6, 6.07) is 11.6. The molecule has 4 nitrogen and oxygen atoms in total. The van der Waals surface area contributed by atoms with E-state index in [1.807, 2.05) is 25.1 Å². The third kappa shape index (κ3) is 3.04. The minimum absolute atomic E-state index is 0.164. The largest absolute Gasteiger partial charge is 0.497 e. The highest BCUT2D eigenvalue weighted by molar-refractivity contribution is 6.08. The highest BCUT2D eigenvalue weighted by Gasteiger charge is 2.16. The van der Waals surface area contributed by atoms with Crippen molar-refractivity contribution in [2.24, 2.45) is 0 Å². The quantitative estimate of drug-likeness (QED) is 0.774. The second kappa shape index (κ2) is 6.12. The smallest absolute Gasteiger partial charge is 0.253 e. The molecule has 0 aliphatic heterocycles. The molecular formula is C18H17FN2O2. The Labute approximate surface area is 133 Å². The fraction of sp³-hybridized carbons (Fsp3) is 0.167. The summed E-state index contributed by atoms with van der Waals surface area (Å²) in [5.41, 5.74) is 3.11. The lowest BCUT2D eigenvalue weighted by Crippen LogP contribution is -2.23. The van der Waals surface area contributed by atoms with E-state index in [0.29, 0.717) is 12.1 Å². The summed E-state index contributed by atoms with van der Waals surface area (Å²) in [4.78, 5) is 15.7. The number of rotatable bonds is 4. The maximum absolute atomic E-state index is 12.9. The van der Waals surface area contributed by atoms with Crippen molar-refractivity contribution in [3.05, 3.63) is 65.1 Å². The van der Waals surface area contributed by atoms with Gasteiger partial charge in [0.1, 0.15) is 11.6 Å². The number of carbonyl (C=O) groups is 1. The summed E-state index contributed by atoms with van der Waals surface area (Å²) >= 11 is 0. The highest BCUT2D eigenvalue weighted by atomic mass is 19.1. The molecule has 2 aromatic carbocycles. The summed E-state index contributed by atoms with van der Waals surface area (Å²) in [5.74, 6) is 0.279. The van der Waals surface area contributed by atoms with Crippen LogP contribution in [-0.4, -0.2) is 18.0 Å². The lowest BCUT2D eigenvalue weighted by molar-refractivity contribution is 0.0952.